The van der Waals surface area contributed by atoms with E-state index in [1.165, 1.54) is 154 Å². The van der Waals surface area contributed by atoms with Crippen molar-refractivity contribution in [1.29, 1.82) is 0 Å². The minimum Gasteiger partial charge on any atom is -0.465 e. The van der Waals surface area contributed by atoms with Crippen molar-refractivity contribution in [1.82, 2.24) is 0 Å². The molecule has 0 aromatic carbocycles. The fraction of sp³-hybridized carbons (Fsp3) is 0.955. The molecule has 0 radical (unpaired) electrons. The van der Waals surface area contributed by atoms with E-state index in [1.807, 2.05) is 0 Å². The maximum Gasteiger partial charge on any atom is 0.309 e. The second kappa shape index (κ2) is 35.8. The first-order chi connectivity index (χ1) is 23.3. The van der Waals surface area contributed by atoms with E-state index in [0.29, 0.717) is 13.2 Å². The molecule has 0 fully saturated rings. The molecule has 0 rings (SSSR count). The number of hydrogen-bond donors (Lipinski definition) is 0. The molecule has 0 saturated heterocycles. The van der Waals surface area contributed by atoms with Crippen molar-refractivity contribution < 1.29 is 19.1 Å². The minimum atomic E-state index is -0.386. The normalized spacial score (nSPS) is 12.9. The van der Waals surface area contributed by atoms with Crippen molar-refractivity contribution in [3.05, 3.63) is 0 Å². The lowest BCUT2D eigenvalue weighted by Gasteiger charge is -2.25. The summed E-state index contributed by atoms with van der Waals surface area (Å²) in [6, 6.07) is 0. The Morgan fingerprint density at radius 3 is 0.771 bits per heavy atom. The highest BCUT2D eigenvalue weighted by Gasteiger charge is 2.35. The van der Waals surface area contributed by atoms with Crippen LogP contribution < -0.4 is 0 Å². The molecule has 0 aromatic heterocycles. The van der Waals surface area contributed by atoms with Gasteiger partial charge in [-0.05, 0) is 24.7 Å². The average Bonchev–Trinajstić information content (AvgIpc) is 3.06. The average molecular weight is 679 g/mol. The topological polar surface area (TPSA) is 52.6 Å². The molecule has 286 valence electrons. The van der Waals surface area contributed by atoms with Crippen LogP contribution >= 0.6 is 0 Å². The molecule has 2 atom stereocenters. The maximum absolute atomic E-state index is 13.4. The van der Waals surface area contributed by atoms with Gasteiger partial charge in [0.2, 0.25) is 0 Å². The van der Waals surface area contributed by atoms with Gasteiger partial charge in [-0.25, -0.2) is 0 Å². The van der Waals surface area contributed by atoms with Gasteiger partial charge in [-0.2, -0.15) is 0 Å². The van der Waals surface area contributed by atoms with Crippen LogP contribution in [0.3, 0.4) is 0 Å². The van der Waals surface area contributed by atoms with Crippen LogP contribution in [0.1, 0.15) is 234 Å². The summed E-state index contributed by atoms with van der Waals surface area (Å²) < 4.78 is 11.5. The van der Waals surface area contributed by atoms with Crippen LogP contribution in [-0.2, 0) is 19.1 Å². The van der Waals surface area contributed by atoms with Gasteiger partial charge in [-0.3, -0.25) is 9.59 Å². The smallest absolute Gasteiger partial charge is 0.309 e. The molecule has 0 aromatic rings. The predicted octanol–water partition coefficient (Wildman–Crippen LogP) is 14.4. The molecule has 0 N–H and O–H groups in total. The molecule has 0 bridgehead atoms. The molecular weight excluding hydrogens is 592 g/mol. The van der Waals surface area contributed by atoms with E-state index >= 15 is 0 Å². The van der Waals surface area contributed by atoms with E-state index in [9.17, 15) is 9.59 Å². The van der Waals surface area contributed by atoms with E-state index < -0.39 is 0 Å². The summed E-state index contributed by atoms with van der Waals surface area (Å²) in [5.41, 5.74) is 0. The van der Waals surface area contributed by atoms with Gasteiger partial charge in [-0.1, -0.05) is 221 Å². The Balaban J connectivity index is 4.63. The lowest BCUT2D eigenvalue weighted by atomic mass is 9.83. The fourth-order valence-corrected chi connectivity index (χ4v) is 6.80. The van der Waals surface area contributed by atoms with Gasteiger partial charge in [0.05, 0.1) is 25.0 Å². The molecule has 4 heteroatoms. The summed E-state index contributed by atoms with van der Waals surface area (Å²) in [4.78, 5) is 26.8. The van der Waals surface area contributed by atoms with E-state index in [0.717, 1.165) is 38.5 Å². The maximum atomic E-state index is 13.4. The highest BCUT2D eigenvalue weighted by molar-refractivity contribution is 5.82. The van der Waals surface area contributed by atoms with Crippen LogP contribution in [0.2, 0.25) is 0 Å². The van der Waals surface area contributed by atoms with Crippen LogP contribution in [0, 0.1) is 23.7 Å². The first-order valence-electron chi connectivity index (χ1n) is 21.7. The third kappa shape index (κ3) is 31.0. The molecule has 0 heterocycles. The Hall–Kier alpha value is -1.06. The molecule has 2 unspecified atom stereocenters. The van der Waals surface area contributed by atoms with Crippen LogP contribution in [0.5, 0.6) is 0 Å². The monoisotopic (exact) mass is 679 g/mol. The number of rotatable bonds is 37. The molecule has 0 aliphatic rings. The zero-order valence-corrected chi connectivity index (χ0v) is 33.6. The summed E-state index contributed by atoms with van der Waals surface area (Å²) >= 11 is 0. The van der Waals surface area contributed by atoms with Crippen molar-refractivity contribution in [2.24, 2.45) is 23.7 Å². The van der Waals surface area contributed by atoms with Crippen molar-refractivity contribution in [2.75, 3.05) is 13.2 Å². The predicted molar refractivity (Wildman–Crippen MR) is 208 cm³/mol. The molecule has 4 nitrogen and oxygen atoms in total. The van der Waals surface area contributed by atoms with Gasteiger partial charge < -0.3 is 9.47 Å². The highest BCUT2D eigenvalue weighted by atomic mass is 16.5. The van der Waals surface area contributed by atoms with E-state index in [1.54, 1.807) is 0 Å². The van der Waals surface area contributed by atoms with Gasteiger partial charge in [0.1, 0.15) is 0 Å². The molecular formula is C44H86O4. The summed E-state index contributed by atoms with van der Waals surface area (Å²) in [5.74, 6) is -0.573. The molecule has 0 aliphatic carbocycles. The standard InChI is InChI=1S/C44H86O4/c1-7-9-11-13-15-17-19-21-23-25-27-29-31-33-35-41(43(45)47-37-39(3)4)42(44(46)48-38-40(5)6)36-34-32-30-28-26-24-22-20-18-16-14-12-10-8-2/h39-42H,7-38H2,1-6H3. The number of esters is 2. The van der Waals surface area contributed by atoms with E-state index in [-0.39, 0.29) is 35.6 Å². The third-order valence-electron chi connectivity index (χ3n) is 9.95. The summed E-state index contributed by atoms with van der Waals surface area (Å²) in [5, 5.41) is 0. The van der Waals surface area contributed by atoms with Crippen molar-refractivity contribution in [3.8, 4) is 0 Å². The Bertz CT molecular complexity index is 629. The zero-order chi connectivity index (χ0) is 35.5. The van der Waals surface area contributed by atoms with Crippen LogP contribution in [0.4, 0.5) is 0 Å². The minimum absolute atomic E-state index is 0.185. The summed E-state index contributed by atoms with van der Waals surface area (Å²) in [7, 11) is 0. The molecule has 0 spiro atoms. The molecule has 48 heavy (non-hydrogen) atoms. The van der Waals surface area contributed by atoms with Crippen LogP contribution in [-0.4, -0.2) is 25.2 Å². The van der Waals surface area contributed by atoms with Gasteiger partial charge in [-0.15, -0.1) is 0 Å². The number of ether oxygens (including phenoxy) is 2. The van der Waals surface area contributed by atoms with Crippen LogP contribution in [0.15, 0.2) is 0 Å². The number of carbonyl (C=O) groups excluding carboxylic acids is 2. The Kier molecular flexibility index (Phi) is 35.0. The zero-order valence-electron chi connectivity index (χ0n) is 33.6. The fourth-order valence-electron chi connectivity index (χ4n) is 6.80. The second-order valence-electron chi connectivity index (χ2n) is 16.0. The third-order valence-corrected chi connectivity index (χ3v) is 9.95. The van der Waals surface area contributed by atoms with Gasteiger partial charge in [0.15, 0.2) is 0 Å². The van der Waals surface area contributed by atoms with Crippen molar-refractivity contribution >= 4 is 11.9 Å². The summed E-state index contributed by atoms with van der Waals surface area (Å²) in [6.45, 7) is 13.7. The lowest BCUT2D eigenvalue weighted by molar-refractivity contribution is -0.162. The van der Waals surface area contributed by atoms with Crippen molar-refractivity contribution in [3.63, 3.8) is 0 Å². The Labute approximate surface area is 301 Å². The first-order valence-corrected chi connectivity index (χ1v) is 21.7. The van der Waals surface area contributed by atoms with Crippen LogP contribution in [0.25, 0.3) is 0 Å². The molecule has 0 aliphatic heterocycles. The Morgan fingerprint density at radius 1 is 0.354 bits per heavy atom. The van der Waals surface area contributed by atoms with Gasteiger partial charge in [0.25, 0.3) is 0 Å². The van der Waals surface area contributed by atoms with Gasteiger partial charge in [0, 0.05) is 0 Å². The van der Waals surface area contributed by atoms with E-state index in [2.05, 4.69) is 41.5 Å². The number of unbranched alkanes of at least 4 members (excludes halogenated alkanes) is 26. The first kappa shape index (κ1) is 46.9. The van der Waals surface area contributed by atoms with Gasteiger partial charge >= 0.3 is 11.9 Å². The number of hydrogen-bond acceptors (Lipinski definition) is 4. The lowest BCUT2D eigenvalue weighted by Crippen LogP contribution is -2.34. The largest absolute Gasteiger partial charge is 0.465 e. The quantitative estimate of drug-likeness (QED) is 0.0485. The SMILES string of the molecule is CCCCCCCCCCCCCCCCC(C(=O)OCC(C)C)C(CCCCCCCCCCCCCCCC)C(=O)OCC(C)C. The molecule has 0 amide bonds. The summed E-state index contributed by atoms with van der Waals surface area (Å²) in [6.07, 6.45) is 38.2. The molecule has 0 saturated carbocycles. The van der Waals surface area contributed by atoms with E-state index in [4.69, 9.17) is 9.47 Å². The highest BCUT2D eigenvalue weighted by Crippen LogP contribution is 2.29. The second-order valence-corrected chi connectivity index (χ2v) is 16.0. The van der Waals surface area contributed by atoms with Crippen molar-refractivity contribution in [2.45, 2.75) is 234 Å². The number of carbonyl (C=O) groups is 2. The Morgan fingerprint density at radius 2 is 0.562 bits per heavy atom.